The molecule has 1 aliphatic rings. The van der Waals surface area contributed by atoms with E-state index in [0.717, 1.165) is 17.9 Å². The summed E-state index contributed by atoms with van der Waals surface area (Å²) in [6.45, 7) is 1.49. The summed E-state index contributed by atoms with van der Waals surface area (Å²) in [5, 5.41) is 14.0. The van der Waals surface area contributed by atoms with Crippen LogP contribution in [0.1, 0.15) is 5.01 Å². The van der Waals surface area contributed by atoms with Crippen LogP contribution in [0.15, 0.2) is 11.2 Å². The number of hydrogen-bond donors (Lipinski definition) is 1. The van der Waals surface area contributed by atoms with Gasteiger partial charge in [0.15, 0.2) is 10.8 Å². The van der Waals surface area contributed by atoms with Crippen molar-refractivity contribution in [3.05, 3.63) is 21.3 Å². The zero-order valence-corrected chi connectivity index (χ0v) is 7.37. The summed E-state index contributed by atoms with van der Waals surface area (Å²) in [5.41, 5.74) is 0. The van der Waals surface area contributed by atoms with Crippen molar-refractivity contribution in [3.8, 4) is 0 Å². The molecule has 68 valence electrons. The van der Waals surface area contributed by atoms with Crippen molar-refractivity contribution in [1.29, 1.82) is 0 Å². The zero-order chi connectivity index (χ0) is 9.26. The van der Waals surface area contributed by atoms with E-state index in [2.05, 4.69) is 15.3 Å². The van der Waals surface area contributed by atoms with Crippen LogP contribution in [0.4, 0.5) is 5.00 Å². The quantitative estimate of drug-likeness (QED) is 0.551. The first-order chi connectivity index (χ1) is 6.27. The molecule has 0 aromatic carbocycles. The van der Waals surface area contributed by atoms with E-state index >= 15 is 0 Å². The van der Waals surface area contributed by atoms with E-state index in [9.17, 15) is 10.1 Å². The topological polar surface area (TPSA) is 80.4 Å². The molecule has 1 N–H and O–H groups in total. The molecule has 0 unspecified atom stereocenters. The fourth-order valence-electron chi connectivity index (χ4n) is 1.00. The lowest BCUT2D eigenvalue weighted by atomic mass is 10.6. The van der Waals surface area contributed by atoms with Crippen LogP contribution in [0.3, 0.4) is 0 Å². The van der Waals surface area contributed by atoms with Crippen molar-refractivity contribution in [1.82, 2.24) is 10.3 Å². The molecule has 7 heteroatoms. The van der Waals surface area contributed by atoms with Gasteiger partial charge in [-0.2, -0.15) is 0 Å². The number of aliphatic imine (C=N–C) groups is 1. The van der Waals surface area contributed by atoms with E-state index in [4.69, 9.17) is 0 Å². The van der Waals surface area contributed by atoms with Gasteiger partial charge >= 0.3 is 5.00 Å². The number of aromatic nitrogens is 1. The van der Waals surface area contributed by atoms with E-state index in [1.165, 1.54) is 6.20 Å². The molecule has 0 saturated carbocycles. The fraction of sp³-hybridized carbons (Fsp3) is 0.333. The van der Waals surface area contributed by atoms with Crippen LogP contribution in [-0.2, 0) is 0 Å². The highest BCUT2D eigenvalue weighted by atomic mass is 32.1. The van der Waals surface area contributed by atoms with Gasteiger partial charge in [-0.05, 0) is 11.3 Å². The van der Waals surface area contributed by atoms with E-state index < -0.39 is 4.92 Å². The van der Waals surface area contributed by atoms with Crippen LogP contribution >= 0.6 is 11.3 Å². The minimum absolute atomic E-state index is 0.0476. The number of nitro groups is 1. The highest BCUT2D eigenvalue weighted by molar-refractivity contribution is 7.16. The number of amidine groups is 1. The van der Waals surface area contributed by atoms with Gasteiger partial charge in [0.05, 0.1) is 11.5 Å². The first kappa shape index (κ1) is 8.11. The highest BCUT2D eigenvalue weighted by Crippen LogP contribution is 2.21. The number of thiazole rings is 1. The molecule has 6 nitrogen and oxygen atoms in total. The van der Waals surface area contributed by atoms with Gasteiger partial charge in [0.25, 0.3) is 0 Å². The van der Waals surface area contributed by atoms with E-state index in [-0.39, 0.29) is 5.00 Å². The SMILES string of the molecule is O=[N+]([O-])c1cnc(C2=NCCN2)s1. The Morgan fingerprint density at radius 3 is 3.08 bits per heavy atom. The minimum Gasteiger partial charge on any atom is -0.366 e. The summed E-state index contributed by atoms with van der Waals surface area (Å²) in [6.07, 6.45) is 1.25. The Bertz CT molecular complexity index is 372. The Balaban J connectivity index is 2.27. The van der Waals surface area contributed by atoms with E-state index in [1.54, 1.807) is 0 Å². The van der Waals surface area contributed by atoms with Crippen LogP contribution in [0, 0.1) is 10.1 Å². The van der Waals surface area contributed by atoms with Crippen LogP contribution < -0.4 is 5.32 Å². The lowest BCUT2D eigenvalue weighted by Gasteiger charge is -1.93. The third kappa shape index (κ3) is 1.50. The molecule has 1 aromatic heterocycles. The summed E-state index contributed by atoms with van der Waals surface area (Å²) in [5.74, 6) is 0.665. The molecule has 0 radical (unpaired) electrons. The molecule has 0 bridgehead atoms. The van der Waals surface area contributed by atoms with Crippen molar-refractivity contribution in [2.75, 3.05) is 13.1 Å². The van der Waals surface area contributed by atoms with Crippen molar-refractivity contribution < 1.29 is 4.92 Å². The average Bonchev–Trinajstić information content (AvgIpc) is 2.75. The maximum atomic E-state index is 10.3. The monoisotopic (exact) mass is 198 g/mol. The molecule has 1 aliphatic heterocycles. The number of rotatable bonds is 2. The predicted octanol–water partition coefficient (Wildman–Crippen LogP) is 0.401. The normalized spacial score (nSPS) is 15.2. The molecule has 1 aromatic rings. The minimum atomic E-state index is -0.448. The second kappa shape index (κ2) is 3.09. The fourth-order valence-corrected chi connectivity index (χ4v) is 1.72. The van der Waals surface area contributed by atoms with Crippen LogP contribution in [0.2, 0.25) is 0 Å². The van der Waals surface area contributed by atoms with Gasteiger partial charge in [-0.15, -0.1) is 0 Å². The molecule has 0 amide bonds. The molecular formula is C6H6N4O2S. The van der Waals surface area contributed by atoms with Gasteiger partial charge in [-0.3, -0.25) is 15.1 Å². The Hall–Kier alpha value is -1.50. The van der Waals surface area contributed by atoms with Crippen molar-refractivity contribution in [3.63, 3.8) is 0 Å². The van der Waals surface area contributed by atoms with Crippen LogP contribution in [0.25, 0.3) is 0 Å². The number of nitrogens with zero attached hydrogens (tertiary/aromatic N) is 3. The lowest BCUT2D eigenvalue weighted by Crippen LogP contribution is -2.18. The highest BCUT2D eigenvalue weighted by Gasteiger charge is 2.16. The largest absolute Gasteiger partial charge is 0.366 e. The molecule has 2 heterocycles. The summed E-state index contributed by atoms with van der Waals surface area (Å²) in [4.78, 5) is 17.9. The van der Waals surface area contributed by atoms with Crippen LogP contribution in [0.5, 0.6) is 0 Å². The maximum Gasteiger partial charge on any atom is 0.344 e. The smallest absolute Gasteiger partial charge is 0.344 e. The number of hydrogen-bond acceptors (Lipinski definition) is 6. The van der Waals surface area contributed by atoms with Crippen molar-refractivity contribution in [2.45, 2.75) is 0 Å². The summed E-state index contributed by atoms with van der Waals surface area (Å²) in [6, 6.07) is 0. The Kier molecular flexibility index (Phi) is 1.93. The Morgan fingerprint density at radius 2 is 2.54 bits per heavy atom. The van der Waals surface area contributed by atoms with Gasteiger partial charge in [-0.25, -0.2) is 4.98 Å². The third-order valence-corrected chi connectivity index (χ3v) is 2.51. The molecule has 0 fully saturated rings. The van der Waals surface area contributed by atoms with Crippen molar-refractivity contribution >= 4 is 22.2 Å². The van der Waals surface area contributed by atoms with Gasteiger partial charge in [0.2, 0.25) is 0 Å². The second-order valence-electron chi connectivity index (χ2n) is 2.42. The average molecular weight is 198 g/mol. The lowest BCUT2D eigenvalue weighted by molar-refractivity contribution is -0.380. The molecule has 0 saturated heterocycles. The van der Waals surface area contributed by atoms with Crippen LogP contribution in [-0.4, -0.2) is 28.8 Å². The van der Waals surface area contributed by atoms with Gasteiger partial charge in [0, 0.05) is 6.54 Å². The summed E-state index contributed by atoms with van der Waals surface area (Å²) >= 11 is 1.03. The molecule has 13 heavy (non-hydrogen) atoms. The van der Waals surface area contributed by atoms with Gasteiger partial charge < -0.3 is 5.32 Å². The molecular weight excluding hydrogens is 192 g/mol. The van der Waals surface area contributed by atoms with E-state index in [1.807, 2.05) is 0 Å². The predicted molar refractivity (Wildman–Crippen MR) is 48.2 cm³/mol. The maximum absolute atomic E-state index is 10.3. The third-order valence-electron chi connectivity index (χ3n) is 1.55. The van der Waals surface area contributed by atoms with Gasteiger partial charge in [-0.1, -0.05) is 0 Å². The van der Waals surface area contributed by atoms with Crippen molar-refractivity contribution in [2.24, 2.45) is 4.99 Å². The molecule has 0 aliphatic carbocycles. The molecule has 0 atom stereocenters. The first-order valence-corrected chi connectivity index (χ1v) is 4.48. The first-order valence-electron chi connectivity index (χ1n) is 3.66. The Morgan fingerprint density at radius 1 is 1.69 bits per heavy atom. The second-order valence-corrected chi connectivity index (χ2v) is 3.43. The molecule has 2 rings (SSSR count). The van der Waals surface area contributed by atoms with Gasteiger partial charge in [0.1, 0.15) is 6.20 Å². The zero-order valence-electron chi connectivity index (χ0n) is 6.56. The van der Waals surface area contributed by atoms with E-state index in [0.29, 0.717) is 17.4 Å². The summed E-state index contributed by atoms with van der Waals surface area (Å²) in [7, 11) is 0. The Labute approximate surface area is 77.5 Å². The summed E-state index contributed by atoms with van der Waals surface area (Å²) < 4.78 is 0. The number of nitrogens with one attached hydrogen (secondary N) is 1. The molecule has 0 spiro atoms. The standard InChI is InChI=1S/C6H6N4O2S/c11-10(12)4-3-9-6(13-4)5-7-1-2-8-5/h3H,1-2H2,(H,7,8).